The molecule has 0 atom stereocenters. The minimum absolute atomic E-state index is 0.0326. The van der Waals surface area contributed by atoms with Crippen LogP contribution in [0.3, 0.4) is 0 Å². The molecule has 0 unspecified atom stereocenters. The zero-order valence-electron chi connectivity index (χ0n) is 21.5. The van der Waals surface area contributed by atoms with Gasteiger partial charge in [0.1, 0.15) is 29.7 Å². The number of alkyl halides is 6. The van der Waals surface area contributed by atoms with Gasteiger partial charge in [0.2, 0.25) is 0 Å². The highest BCUT2D eigenvalue weighted by Crippen LogP contribution is 2.34. The Kier molecular flexibility index (Phi) is 8.91. The van der Waals surface area contributed by atoms with E-state index in [1.54, 1.807) is 25.1 Å². The van der Waals surface area contributed by atoms with Crippen LogP contribution in [0.25, 0.3) is 10.6 Å². The number of benzene rings is 3. The molecule has 0 amide bonds. The summed E-state index contributed by atoms with van der Waals surface area (Å²) < 4.78 is 88.7. The Balaban J connectivity index is 1.47. The van der Waals surface area contributed by atoms with Crippen molar-refractivity contribution >= 4 is 17.3 Å². The molecule has 1 heterocycles. The molecule has 0 aliphatic heterocycles. The molecule has 0 spiro atoms. The largest absolute Gasteiger partial charge is 0.489 e. The van der Waals surface area contributed by atoms with E-state index >= 15 is 0 Å². The number of aryl methyl sites for hydroxylation is 2. The number of carbonyl (C=O) groups is 1. The highest BCUT2D eigenvalue weighted by Gasteiger charge is 2.31. The van der Waals surface area contributed by atoms with Crippen LogP contribution in [0, 0.1) is 6.92 Å². The lowest BCUT2D eigenvalue weighted by Crippen LogP contribution is -2.06. The zero-order valence-corrected chi connectivity index (χ0v) is 22.3. The highest BCUT2D eigenvalue weighted by molar-refractivity contribution is 7.15. The van der Waals surface area contributed by atoms with E-state index in [2.05, 4.69) is 4.98 Å². The molecule has 1 N–H and O–H groups in total. The number of aromatic nitrogens is 1. The number of hydrogen-bond acceptors (Lipinski definition) is 5. The van der Waals surface area contributed by atoms with Crippen LogP contribution in [0.2, 0.25) is 0 Å². The van der Waals surface area contributed by atoms with Crippen LogP contribution in [0.15, 0.2) is 66.7 Å². The summed E-state index contributed by atoms with van der Waals surface area (Å²) >= 11 is 1.29. The smallest absolute Gasteiger partial charge is 0.416 e. The van der Waals surface area contributed by atoms with E-state index in [1.807, 2.05) is 0 Å². The summed E-state index contributed by atoms with van der Waals surface area (Å²) in [6.45, 7) is 1.86. The Morgan fingerprint density at radius 1 is 0.805 bits per heavy atom. The molecule has 1 aromatic heterocycles. The Morgan fingerprint density at radius 3 is 1.95 bits per heavy atom. The number of nitrogens with zero attached hydrogens (tertiary/aromatic N) is 1. The van der Waals surface area contributed by atoms with Crippen LogP contribution < -0.4 is 9.47 Å². The summed E-state index contributed by atoms with van der Waals surface area (Å²) in [6.07, 6.45) is -8.81. The molecule has 3 aromatic carbocycles. The first-order valence-corrected chi connectivity index (χ1v) is 13.0. The molecule has 0 saturated carbocycles. The van der Waals surface area contributed by atoms with Crippen molar-refractivity contribution in [2.24, 2.45) is 0 Å². The van der Waals surface area contributed by atoms with Gasteiger partial charge >= 0.3 is 18.3 Å². The van der Waals surface area contributed by atoms with E-state index in [-0.39, 0.29) is 31.8 Å². The summed E-state index contributed by atoms with van der Waals surface area (Å²) in [5.41, 5.74) is 0.947. The average molecular weight is 596 g/mol. The second-order valence-corrected chi connectivity index (χ2v) is 10.1. The maximum Gasteiger partial charge on any atom is 0.416 e. The maximum absolute atomic E-state index is 12.9. The molecule has 0 aliphatic carbocycles. The van der Waals surface area contributed by atoms with E-state index in [4.69, 9.17) is 14.6 Å². The minimum Gasteiger partial charge on any atom is -0.489 e. The molecule has 0 saturated heterocycles. The first-order chi connectivity index (χ1) is 19.3. The Bertz CT molecular complexity index is 1500. The van der Waals surface area contributed by atoms with Crippen molar-refractivity contribution in [1.82, 2.24) is 4.98 Å². The normalized spacial score (nSPS) is 11.9. The van der Waals surface area contributed by atoms with Crippen molar-refractivity contribution in [1.29, 1.82) is 0 Å². The quantitative estimate of drug-likeness (QED) is 0.187. The molecular weight excluding hydrogens is 572 g/mol. The molecule has 12 heteroatoms. The van der Waals surface area contributed by atoms with Crippen molar-refractivity contribution in [2.75, 3.05) is 0 Å². The summed E-state index contributed by atoms with van der Waals surface area (Å²) in [7, 11) is 0. The first-order valence-electron chi connectivity index (χ1n) is 12.2. The van der Waals surface area contributed by atoms with E-state index in [0.717, 1.165) is 29.1 Å². The predicted molar refractivity (Wildman–Crippen MR) is 140 cm³/mol. The molecule has 0 aliphatic rings. The molecule has 216 valence electrons. The van der Waals surface area contributed by atoms with Crippen LogP contribution in [0.1, 0.15) is 39.2 Å². The zero-order chi connectivity index (χ0) is 29.8. The fourth-order valence-corrected chi connectivity index (χ4v) is 4.83. The second kappa shape index (κ2) is 12.2. The molecule has 41 heavy (non-hydrogen) atoms. The molecule has 0 radical (unpaired) electrons. The highest BCUT2D eigenvalue weighted by atomic mass is 32.1. The standard InChI is InChI=1S/C29H23F6NO4S/c1-17-25(41-27(36-17)19-2-6-21(7-3-19)28(30,31)32)16-40-24-10-4-18(5-13-26(37)38)20(14-24)15-39-23-11-8-22(9-12-23)29(33,34)35/h2-4,6-12,14H,5,13,15-16H2,1H3,(H,37,38). The van der Waals surface area contributed by atoms with Gasteiger partial charge in [-0.05, 0) is 73.0 Å². The van der Waals surface area contributed by atoms with E-state index in [0.29, 0.717) is 33.1 Å². The third kappa shape index (κ3) is 8.00. The number of aliphatic carboxylic acids is 1. The van der Waals surface area contributed by atoms with Crippen LogP contribution in [0.5, 0.6) is 11.5 Å². The average Bonchev–Trinajstić information content (AvgIpc) is 3.29. The van der Waals surface area contributed by atoms with Gasteiger partial charge in [0, 0.05) is 12.0 Å². The SMILES string of the molecule is Cc1nc(-c2ccc(C(F)(F)F)cc2)sc1COc1ccc(CCC(=O)O)c(COc2ccc(C(F)(F)F)cc2)c1. The van der Waals surface area contributed by atoms with Gasteiger partial charge in [-0.25, -0.2) is 4.98 Å². The van der Waals surface area contributed by atoms with Crippen LogP contribution in [-0.4, -0.2) is 16.1 Å². The van der Waals surface area contributed by atoms with Gasteiger partial charge in [-0.15, -0.1) is 11.3 Å². The second-order valence-electron chi connectivity index (χ2n) is 9.03. The molecule has 4 aromatic rings. The number of ether oxygens (including phenoxy) is 2. The number of carboxylic acid groups (broad SMARTS) is 1. The first kappa shape index (κ1) is 29.9. The van der Waals surface area contributed by atoms with Crippen LogP contribution >= 0.6 is 11.3 Å². The number of carboxylic acids is 1. The monoisotopic (exact) mass is 595 g/mol. The predicted octanol–water partition coefficient (Wildman–Crippen LogP) is 8.33. The van der Waals surface area contributed by atoms with E-state index < -0.39 is 29.4 Å². The Labute approximate surface area is 235 Å². The molecule has 5 nitrogen and oxygen atoms in total. The Hall–Kier alpha value is -4.06. The van der Waals surface area contributed by atoms with Gasteiger partial charge in [-0.1, -0.05) is 18.2 Å². The fraction of sp³-hybridized carbons (Fsp3) is 0.241. The van der Waals surface area contributed by atoms with Crippen molar-refractivity contribution in [2.45, 2.75) is 45.3 Å². The maximum atomic E-state index is 12.9. The van der Waals surface area contributed by atoms with E-state index in [9.17, 15) is 31.1 Å². The summed E-state index contributed by atoms with van der Waals surface area (Å²) in [6, 6.07) is 14.0. The topological polar surface area (TPSA) is 68.7 Å². The fourth-order valence-electron chi connectivity index (χ4n) is 3.85. The molecular formula is C29H23F6NO4S. The molecule has 0 fully saturated rings. The number of thiazole rings is 1. The van der Waals surface area contributed by atoms with Crippen LogP contribution in [0.4, 0.5) is 26.3 Å². The summed E-state index contributed by atoms with van der Waals surface area (Å²) in [4.78, 5) is 16.3. The number of halogens is 6. The van der Waals surface area contributed by atoms with Gasteiger partial charge in [0.05, 0.1) is 21.7 Å². The third-order valence-corrected chi connectivity index (χ3v) is 7.26. The van der Waals surface area contributed by atoms with Gasteiger partial charge in [-0.2, -0.15) is 26.3 Å². The van der Waals surface area contributed by atoms with Gasteiger partial charge in [-0.3, -0.25) is 4.79 Å². The lowest BCUT2D eigenvalue weighted by molar-refractivity contribution is -0.138. The lowest BCUT2D eigenvalue weighted by Gasteiger charge is -2.14. The van der Waals surface area contributed by atoms with E-state index in [1.165, 1.54) is 35.6 Å². The third-order valence-electron chi connectivity index (χ3n) is 6.08. The van der Waals surface area contributed by atoms with Crippen molar-refractivity contribution < 1.29 is 45.7 Å². The van der Waals surface area contributed by atoms with Crippen LogP contribution in [-0.2, 0) is 36.8 Å². The summed E-state index contributed by atoms with van der Waals surface area (Å²) in [5.74, 6) is -0.326. The number of rotatable bonds is 10. The van der Waals surface area contributed by atoms with Crippen molar-refractivity contribution in [3.63, 3.8) is 0 Å². The number of hydrogen-bond donors (Lipinski definition) is 1. The van der Waals surface area contributed by atoms with Crippen molar-refractivity contribution in [3.05, 3.63) is 99.6 Å². The van der Waals surface area contributed by atoms with Gasteiger partial charge in [0.25, 0.3) is 0 Å². The Morgan fingerprint density at radius 2 is 1.37 bits per heavy atom. The molecule has 4 rings (SSSR count). The van der Waals surface area contributed by atoms with Gasteiger partial charge in [0.15, 0.2) is 0 Å². The lowest BCUT2D eigenvalue weighted by atomic mass is 10.0. The van der Waals surface area contributed by atoms with Crippen molar-refractivity contribution in [3.8, 4) is 22.1 Å². The molecule has 0 bridgehead atoms. The summed E-state index contributed by atoms with van der Waals surface area (Å²) in [5, 5.41) is 9.63. The minimum atomic E-state index is -4.47. The van der Waals surface area contributed by atoms with Gasteiger partial charge < -0.3 is 14.6 Å².